The van der Waals surface area contributed by atoms with Crippen molar-refractivity contribution in [2.24, 2.45) is 17.2 Å². The van der Waals surface area contributed by atoms with E-state index in [0.29, 0.717) is 13.0 Å². The van der Waals surface area contributed by atoms with Crippen LogP contribution in [0, 0.1) is 5.41 Å². The lowest BCUT2D eigenvalue weighted by Gasteiger charge is -2.23. The first-order chi connectivity index (χ1) is 14.9. The average molecular weight is 495 g/mol. The highest BCUT2D eigenvalue weighted by Gasteiger charge is 2.30. The number of amides is 4. The molecule has 0 aliphatic carbocycles. The van der Waals surface area contributed by atoms with Gasteiger partial charge in [0.1, 0.15) is 18.1 Å². The maximum atomic E-state index is 12.5. The van der Waals surface area contributed by atoms with Crippen LogP contribution in [-0.4, -0.2) is 82.9 Å². The molecule has 0 spiro atoms. The fourth-order valence-electron chi connectivity index (χ4n) is 2.29. The lowest BCUT2D eigenvalue weighted by Crippen LogP contribution is -2.58. The first-order valence-corrected chi connectivity index (χ1v) is 10.7. The maximum absolute atomic E-state index is 12.5. The van der Waals surface area contributed by atoms with Crippen molar-refractivity contribution in [1.82, 2.24) is 21.3 Å². The quantitative estimate of drug-likeness (QED) is 0.0456. The monoisotopic (exact) mass is 494 g/mol. The third-order valence-electron chi connectivity index (χ3n) is 4.00. The van der Waals surface area contributed by atoms with Gasteiger partial charge in [-0.15, -0.1) is 0 Å². The molecule has 0 saturated heterocycles. The van der Waals surface area contributed by atoms with Gasteiger partial charge in [-0.3, -0.25) is 24.6 Å². The maximum Gasteiger partial charge on any atom is 0.327 e. The fraction of sp³-hybridized carbons (Fsp3) is 0.625. The molecule has 0 aliphatic rings. The molecule has 16 heteroatoms. The number of primary amides is 1. The number of carboxylic acid groups (broad SMARTS) is 1. The largest absolute Gasteiger partial charge is 0.480 e. The van der Waals surface area contributed by atoms with Crippen LogP contribution in [0.15, 0.2) is 0 Å². The number of hydrogen-bond acceptors (Lipinski definition) is 9. The number of carbonyl (C=O) groups is 5. The summed E-state index contributed by atoms with van der Waals surface area (Å²) in [6.45, 7) is 0.334. The first-order valence-electron chi connectivity index (χ1n) is 9.40. The molecule has 0 heterocycles. The van der Waals surface area contributed by atoms with Crippen molar-refractivity contribution >= 4 is 60.8 Å². The van der Waals surface area contributed by atoms with Gasteiger partial charge in [0.2, 0.25) is 23.6 Å². The zero-order valence-corrected chi connectivity index (χ0v) is 19.0. The van der Waals surface area contributed by atoms with Crippen LogP contribution in [0.3, 0.4) is 0 Å². The van der Waals surface area contributed by atoms with Crippen LogP contribution in [0.5, 0.6) is 0 Å². The summed E-state index contributed by atoms with van der Waals surface area (Å²) in [6, 6.07) is -4.99. The third-order valence-corrected chi connectivity index (χ3v) is 4.73. The van der Waals surface area contributed by atoms with E-state index in [9.17, 15) is 24.0 Å². The van der Waals surface area contributed by atoms with Crippen molar-refractivity contribution in [1.29, 1.82) is 5.41 Å². The molecule has 12 N–H and O–H groups in total. The number of guanidine groups is 1. The van der Waals surface area contributed by atoms with E-state index in [1.165, 1.54) is 0 Å². The van der Waals surface area contributed by atoms with Gasteiger partial charge >= 0.3 is 5.97 Å². The molecular weight excluding hydrogens is 464 g/mol. The van der Waals surface area contributed by atoms with Crippen LogP contribution in [0.25, 0.3) is 0 Å². The van der Waals surface area contributed by atoms with E-state index >= 15 is 0 Å². The van der Waals surface area contributed by atoms with Gasteiger partial charge in [-0.05, 0) is 12.8 Å². The van der Waals surface area contributed by atoms with Gasteiger partial charge < -0.3 is 43.6 Å². The van der Waals surface area contributed by atoms with E-state index < -0.39 is 60.2 Å². The number of nitrogens with two attached hydrogens (primary N) is 3. The topological polar surface area (TPSA) is 256 Å². The van der Waals surface area contributed by atoms with E-state index in [-0.39, 0.29) is 23.9 Å². The lowest BCUT2D eigenvalue weighted by atomic mass is 10.1. The van der Waals surface area contributed by atoms with Gasteiger partial charge in [0.15, 0.2) is 5.96 Å². The standard InChI is InChI=1S/C16H30N8O6S2/c17-7(2-1-3-21-16(19)20)12(26)23-9(5-31)14(28)22-8(4-11(18)25)13(27)24-10(6-32)15(29)30/h7-10,31-32H,1-6,17H2,(H2,18,25)(H,22,28)(H,23,26)(H,24,27)(H,29,30)(H4,19,20,21)/t7-,8-,9-,10-/m0/s1. The number of nitrogens with one attached hydrogen (secondary N) is 5. The molecule has 0 aromatic rings. The highest BCUT2D eigenvalue weighted by atomic mass is 32.1. The Morgan fingerprint density at radius 3 is 1.84 bits per heavy atom. The molecule has 4 atom stereocenters. The number of aliphatic carboxylic acids is 1. The second-order valence-electron chi connectivity index (χ2n) is 6.65. The predicted octanol–water partition coefficient (Wildman–Crippen LogP) is -4.15. The van der Waals surface area contributed by atoms with Crippen molar-refractivity contribution in [3.63, 3.8) is 0 Å². The van der Waals surface area contributed by atoms with Gasteiger partial charge in [-0.25, -0.2) is 4.79 Å². The molecule has 0 radical (unpaired) electrons. The fourth-order valence-corrected chi connectivity index (χ4v) is 2.79. The zero-order valence-electron chi connectivity index (χ0n) is 17.2. The van der Waals surface area contributed by atoms with E-state index in [0.717, 1.165) is 0 Å². The van der Waals surface area contributed by atoms with Crippen LogP contribution < -0.4 is 38.5 Å². The molecule has 0 bridgehead atoms. The number of thiol groups is 2. The van der Waals surface area contributed by atoms with Gasteiger partial charge in [-0.2, -0.15) is 25.3 Å². The normalized spacial score (nSPS) is 14.2. The predicted molar refractivity (Wildman–Crippen MR) is 122 cm³/mol. The third kappa shape index (κ3) is 11.6. The summed E-state index contributed by atoms with van der Waals surface area (Å²) >= 11 is 7.82. The lowest BCUT2D eigenvalue weighted by molar-refractivity contribution is -0.141. The molecule has 0 saturated carbocycles. The summed E-state index contributed by atoms with van der Waals surface area (Å²) in [5.41, 5.74) is 16.0. The van der Waals surface area contributed by atoms with Gasteiger partial charge in [0.25, 0.3) is 0 Å². The molecule has 32 heavy (non-hydrogen) atoms. The van der Waals surface area contributed by atoms with Crippen molar-refractivity contribution in [3.8, 4) is 0 Å². The Bertz CT molecular complexity index is 710. The molecule has 0 aliphatic heterocycles. The molecule has 4 amide bonds. The Hall–Kier alpha value is -2.72. The summed E-state index contributed by atoms with van der Waals surface area (Å²) in [5.74, 6) is -5.34. The minimum atomic E-state index is -1.48. The van der Waals surface area contributed by atoms with Crippen LogP contribution in [0.1, 0.15) is 19.3 Å². The minimum absolute atomic E-state index is 0.157. The molecule has 0 aromatic heterocycles. The number of rotatable bonds is 15. The van der Waals surface area contributed by atoms with Crippen LogP contribution in [0.4, 0.5) is 0 Å². The number of hydrogen-bond donors (Lipinski definition) is 11. The van der Waals surface area contributed by atoms with Crippen molar-refractivity contribution in [2.45, 2.75) is 43.4 Å². The highest BCUT2D eigenvalue weighted by molar-refractivity contribution is 7.80. The van der Waals surface area contributed by atoms with Gasteiger partial charge in [-0.1, -0.05) is 0 Å². The van der Waals surface area contributed by atoms with Crippen LogP contribution in [-0.2, 0) is 24.0 Å². The summed E-state index contributed by atoms with van der Waals surface area (Å²) in [4.78, 5) is 59.5. The summed E-state index contributed by atoms with van der Waals surface area (Å²) in [6.07, 6.45) is 0.0646. The first kappa shape index (κ1) is 29.3. The van der Waals surface area contributed by atoms with E-state index in [1.54, 1.807) is 0 Å². The molecule has 0 fully saturated rings. The van der Waals surface area contributed by atoms with E-state index in [4.69, 9.17) is 27.7 Å². The SMILES string of the molecule is N=C(N)NCCC[C@H](N)C(=O)N[C@@H](CS)C(=O)N[C@@H](CC(N)=O)C(=O)N[C@@H](CS)C(=O)O. The molecular formula is C16H30N8O6S2. The molecule has 0 rings (SSSR count). The molecule has 182 valence electrons. The number of carbonyl (C=O) groups excluding carboxylic acids is 4. The van der Waals surface area contributed by atoms with Gasteiger partial charge in [0.05, 0.1) is 12.5 Å². The van der Waals surface area contributed by atoms with Gasteiger partial charge in [0, 0.05) is 18.1 Å². The van der Waals surface area contributed by atoms with Crippen molar-refractivity contribution in [3.05, 3.63) is 0 Å². The average Bonchev–Trinajstić information content (AvgIpc) is 2.71. The second kappa shape index (κ2) is 15.1. The summed E-state index contributed by atoms with van der Waals surface area (Å²) in [7, 11) is 0. The Labute approximate surface area is 195 Å². The highest BCUT2D eigenvalue weighted by Crippen LogP contribution is 2.00. The second-order valence-corrected chi connectivity index (χ2v) is 7.38. The summed E-state index contributed by atoms with van der Waals surface area (Å²) in [5, 5.41) is 25.4. The van der Waals surface area contributed by atoms with Crippen LogP contribution in [0.2, 0.25) is 0 Å². The Kier molecular flexibility index (Phi) is 13.9. The van der Waals surface area contributed by atoms with E-state index in [1.807, 2.05) is 0 Å². The van der Waals surface area contributed by atoms with Crippen molar-refractivity contribution in [2.75, 3.05) is 18.1 Å². The zero-order chi connectivity index (χ0) is 24.8. The Morgan fingerprint density at radius 1 is 0.875 bits per heavy atom. The number of carboxylic acids is 1. The van der Waals surface area contributed by atoms with E-state index in [2.05, 4.69) is 46.5 Å². The minimum Gasteiger partial charge on any atom is -0.480 e. The Morgan fingerprint density at radius 2 is 1.38 bits per heavy atom. The Balaban J connectivity index is 5.02. The molecule has 0 aromatic carbocycles. The molecule has 0 unspecified atom stereocenters. The molecule has 14 nitrogen and oxygen atoms in total. The smallest absolute Gasteiger partial charge is 0.327 e. The van der Waals surface area contributed by atoms with Crippen molar-refractivity contribution < 1.29 is 29.1 Å². The summed E-state index contributed by atoms with van der Waals surface area (Å²) < 4.78 is 0. The van der Waals surface area contributed by atoms with Crippen LogP contribution >= 0.6 is 25.3 Å².